The third-order valence-corrected chi connectivity index (χ3v) is 2.48. The Kier molecular flexibility index (Phi) is 11.7. The fourth-order valence-electron chi connectivity index (χ4n) is 1.63. The molecule has 1 aromatic carbocycles. The van der Waals surface area contributed by atoms with Crippen LogP contribution >= 0.6 is 24.0 Å². The Bertz CT molecular complexity index is 344. The average molecular weight is 377 g/mol. The second-order valence-electron chi connectivity index (χ2n) is 4.00. The second kappa shape index (κ2) is 12.2. The van der Waals surface area contributed by atoms with Crippen molar-refractivity contribution < 1.29 is 5.11 Å². The lowest BCUT2D eigenvalue weighted by atomic mass is 10.1. The summed E-state index contributed by atoms with van der Waals surface area (Å²) in [6.45, 7) is 4.30. The molecule has 0 radical (unpaired) electrons. The van der Waals surface area contributed by atoms with Gasteiger partial charge in [-0.2, -0.15) is 0 Å². The van der Waals surface area contributed by atoms with Crippen LogP contribution in [0.3, 0.4) is 0 Å². The van der Waals surface area contributed by atoms with Crippen LogP contribution in [0.2, 0.25) is 0 Å². The van der Waals surface area contributed by atoms with Crippen LogP contribution in [0.5, 0.6) is 0 Å². The number of hydrogen-bond donors (Lipinski definition) is 3. The molecule has 0 aliphatic heterocycles. The van der Waals surface area contributed by atoms with Crippen LogP contribution in [-0.2, 0) is 6.42 Å². The monoisotopic (exact) mass is 377 g/mol. The zero-order chi connectivity index (χ0) is 13.1. The average Bonchev–Trinajstić information content (AvgIpc) is 2.42. The topological polar surface area (TPSA) is 56.7 Å². The van der Waals surface area contributed by atoms with Gasteiger partial charge in [0.1, 0.15) is 0 Å². The Morgan fingerprint density at radius 1 is 1.21 bits per heavy atom. The summed E-state index contributed by atoms with van der Waals surface area (Å²) in [6, 6.07) is 10.4. The smallest absolute Gasteiger partial charge is 0.191 e. The van der Waals surface area contributed by atoms with Gasteiger partial charge in [-0.1, -0.05) is 30.3 Å². The summed E-state index contributed by atoms with van der Waals surface area (Å²) in [5.74, 6) is 0.777. The first-order valence-corrected chi connectivity index (χ1v) is 6.53. The molecule has 0 saturated carbocycles. The van der Waals surface area contributed by atoms with Crippen molar-refractivity contribution in [2.45, 2.75) is 19.8 Å². The number of aliphatic imine (C=N–C) groups is 1. The third kappa shape index (κ3) is 8.83. The van der Waals surface area contributed by atoms with Crippen LogP contribution in [0.4, 0.5) is 0 Å². The number of nitrogens with zero attached hydrogens (tertiary/aromatic N) is 1. The maximum atomic E-state index is 8.76. The van der Waals surface area contributed by atoms with Crippen LogP contribution in [0.1, 0.15) is 18.9 Å². The molecular weight excluding hydrogens is 353 g/mol. The number of hydrogen-bond acceptors (Lipinski definition) is 2. The van der Waals surface area contributed by atoms with Crippen molar-refractivity contribution in [2.24, 2.45) is 4.99 Å². The van der Waals surface area contributed by atoms with Crippen LogP contribution in [-0.4, -0.2) is 37.3 Å². The van der Waals surface area contributed by atoms with E-state index in [0.29, 0.717) is 6.54 Å². The van der Waals surface area contributed by atoms with E-state index in [0.717, 1.165) is 31.9 Å². The molecule has 0 fully saturated rings. The van der Waals surface area contributed by atoms with Gasteiger partial charge in [-0.25, -0.2) is 0 Å². The Morgan fingerprint density at radius 2 is 1.95 bits per heavy atom. The van der Waals surface area contributed by atoms with Crippen molar-refractivity contribution in [3.8, 4) is 0 Å². The van der Waals surface area contributed by atoms with Crippen LogP contribution in [0, 0.1) is 0 Å². The van der Waals surface area contributed by atoms with Crippen LogP contribution in [0.25, 0.3) is 0 Å². The number of guanidine groups is 1. The van der Waals surface area contributed by atoms with Crippen molar-refractivity contribution in [1.29, 1.82) is 0 Å². The fraction of sp³-hybridized carbons (Fsp3) is 0.500. The molecule has 0 saturated heterocycles. The van der Waals surface area contributed by atoms with E-state index in [1.165, 1.54) is 5.56 Å². The Hall–Kier alpha value is -0.820. The molecule has 0 heterocycles. The first-order chi connectivity index (χ1) is 8.86. The third-order valence-electron chi connectivity index (χ3n) is 2.48. The molecule has 19 heavy (non-hydrogen) atoms. The van der Waals surface area contributed by atoms with Crippen LogP contribution < -0.4 is 10.6 Å². The number of rotatable bonds is 7. The predicted octanol–water partition coefficient (Wildman–Crippen LogP) is 1.78. The van der Waals surface area contributed by atoms with Gasteiger partial charge < -0.3 is 15.7 Å². The van der Waals surface area contributed by atoms with Crippen molar-refractivity contribution in [3.05, 3.63) is 35.9 Å². The number of benzene rings is 1. The van der Waals surface area contributed by atoms with Gasteiger partial charge in [-0.05, 0) is 25.3 Å². The van der Waals surface area contributed by atoms with Crippen molar-refractivity contribution in [2.75, 3.05) is 26.2 Å². The lowest BCUT2D eigenvalue weighted by molar-refractivity contribution is 0.300. The van der Waals surface area contributed by atoms with E-state index < -0.39 is 0 Å². The summed E-state index contributed by atoms with van der Waals surface area (Å²) < 4.78 is 0. The summed E-state index contributed by atoms with van der Waals surface area (Å²) in [5.41, 5.74) is 1.35. The molecule has 0 atom stereocenters. The molecule has 5 heteroatoms. The van der Waals surface area contributed by atoms with E-state index in [-0.39, 0.29) is 30.6 Å². The first kappa shape index (κ1) is 18.2. The summed E-state index contributed by atoms with van der Waals surface area (Å²) in [7, 11) is 0. The summed E-state index contributed by atoms with van der Waals surface area (Å²) in [4.78, 5) is 4.45. The molecule has 0 aliphatic rings. The standard InChI is InChI=1S/C14H23N3O.HI/c1-2-15-14(17-11-12-18)16-10-6-9-13-7-4-3-5-8-13;/h3-5,7-8,18H,2,6,9-12H2,1H3,(H2,15,16,17);1H. The second-order valence-corrected chi connectivity index (χ2v) is 4.00. The highest BCUT2D eigenvalue weighted by molar-refractivity contribution is 14.0. The Balaban J connectivity index is 0.00000324. The van der Waals surface area contributed by atoms with Gasteiger partial charge in [0.2, 0.25) is 0 Å². The van der Waals surface area contributed by atoms with Gasteiger partial charge in [-0.3, -0.25) is 4.99 Å². The highest BCUT2D eigenvalue weighted by Crippen LogP contribution is 2.02. The zero-order valence-electron chi connectivity index (χ0n) is 11.4. The molecule has 1 rings (SSSR count). The largest absolute Gasteiger partial charge is 0.395 e. The maximum absolute atomic E-state index is 8.76. The minimum atomic E-state index is 0. The number of aryl methyl sites for hydroxylation is 1. The Labute approximate surface area is 132 Å². The SMILES string of the molecule is CCNC(=NCCCc1ccccc1)NCCO.I. The normalized spacial score (nSPS) is 10.7. The minimum absolute atomic E-state index is 0. The van der Waals surface area contributed by atoms with Crippen molar-refractivity contribution in [3.63, 3.8) is 0 Å². The Morgan fingerprint density at radius 3 is 2.58 bits per heavy atom. The highest BCUT2D eigenvalue weighted by Gasteiger charge is 1.95. The lowest BCUT2D eigenvalue weighted by Crippen LogP contribution is -2.38. The molecule has 0 aromatic heterocycles. The van der Waals surface area contributed by atoms with Gasteiger partial charge in [-0.15, -0.1) is 24.0 Å². The highest BCUT2D eigenvalue weighted by atomic mass is 127. The summed E-state index contributed by atoms with van der Waals surface area (Å²) in [5, 5.41) is 15.0. The van der Waals surface area contributed by atoms with E-state index in [4.69, 9.17) is 5.11 Å². The predicted molar refractivity (Wildman–Crippen MR) is 91.2 cm³/mol. The minimum Gasteiger partial charge on any atom is -0.395 e. The number of aliphatic hydroxyl groups is 1. The molecule has 108 valence electrons. The number of aliphatic hydroxyl groups excluding tert-OH is 1. The molecule has 0 aliphatic carbocycles. The molecular formula is C14H24IN3O. The fourth-order valence-corrected chi connectivity index (χ4v) is 1.63. The van der Waals surface area contributed by atoms with Crippen LogP contribution in [0.15, 0.2) is 35.3 Å². The maximum Gasteiger partial charge on any atom is 0.191 e. The number of halogens is 1. The summed E-state index contributed by atoms with van der Waals surface area (Å²) in [6.07, 6.45) is 2.07. The van der Waals surface area contributed by atoms with Gasteiger partial charge in [0.05, 0.1) is 6.61 Å². The molecule has 0 amide bonds. The molecule has 4 nitrogen and oxygen atoms in total. The lowest BCUT2D eigenvalue weighted by Gasteiger charge is -2.09. The van der Waals surface area contributed by atoms with E-state index in [9.17, 15) is 0 Å². The van der Waals surface area contributed by atoms with Gasteiger partial charge in [0, 0.05) is 19.6 Å². The first-order valence-electron chi connectivity index (χ1n) is 6.53. The van der Waals surface area contributed by atoms with Crippen molar-refractivity contribution in [1.82, 2.24) is 10.6 Å². The molecule has 1 aromatic rings. The molecule has 3 N–H and O–H groups in total. The van der Waals surface area contributed by atoms with Gasteiger partial charge >= 0.3 is 0 Å². The van der Waals surface area contributed by atoms with E-state index >= 15 is 0 Å². The summed E-state index contributed by atoms with van der Waals surface area (Å²) >= 11 is 0. The van der Waals surface area contributed by atoms with Gasteiger partial charge in [0.15, 0.2) is 5.96 Å². The van der Waals surface area contributed by atoms with Gasteiger partial charge in [0.25, 0.3) is 0 Å². The zero-order valence-corrected chi connectivity index (χ0v) is 13.8. The van der Waals surface area contributed by atoms with E-state index in [1.54, 1.807) is 0 Å². The van der Waals surface area contributed by atoms with E-state index in [2.05, 4.69) is 39.9 Å². The number of nitrogens with one attached hydrogen (secondary N) is 2. The molecule has 0 spiro atoms. The quantitative estimate of drug-likeness (QED) is 0.294. The molecule has 0 bridgehead atoms. The molecule has 0 unspecified atom stereocenters. The van der Waals surface area contributed by atoms with E-state index in [1.807, 2.05) is 13.0 Å². The van der Waals surface area contributed by atoms with Crippen molar-refractivity contribution >= 4 is 29.9 Å².